The molecule has 112 valence electrons. The number of ether oxygens (including phenoxy) is 1. The highest BCUT2D eigenvalue weighted by Crippen LogP contribution is 2.27. The van der Waals surface area contributed by atoms with E-state index < -0.39 is 0 Å². The molecule has 2 nitrogen and oxygen atoms in total. The molecule has 4 heteroatoms. The number of hydrogen-bond acceptors (Lipinski definition) is 2. The summed E-state index contributed by atoms with van der Waals surface area (Å²) in [6, 6.07) is 5.35. The molecule has 20 heavy (non-hydrogen) atoms. The van der Waals surface area contributed by atoms with Crippen LogP contribution in [0.2, 0.25) is 10.0 Å². The molecule has 1 heterocycles. The summed E-state index contributed by atoms with van der Waals surface area (Å²) in [6.07, 6.45) is 7.67. The third-order valence-electron chi connectivity index (χ3n) is 3.72. The summed E-state index contributed by atoms with van der Waals surface area (Å²) in [5.41, 5.74) is 0. The van der Waals surface area contributed by atoms with Crippen molar-refractivity contribution in [2.75, 3.05) is 26.2 Å². The molecule has 1 aromatic rings. The van der Waals surface area contributed by atoms with Gasteiger partial charge in [0.2, 0.25) is 0 Å². The van der Waals surface area contributed by atoms with E-state index in [0.29, 0.717) is 10.0 Å². The van der Waals surface area contributed by atoms with Crippen molar-refractivity contribution in [1.29, 1.82) is 0 Å². The molecule has 0 spiro atoms. The Morgan fingerprint density at radius 3 is 2.50 bits per heavy atom. The molecule has 0 saturated carbocycles. The lowest BCUT2D eigenvalue weighted by atomic mass is 10.2. The van der Waals surface area contributed by atoms with Crippen molar-refractivity contribution in [3.63, 3.8) is 0 Å². The van der Waals surface area contributed by atoms with Crippen LogP contribution in [0.25, 0.3) is 0 Å². The van der Waals surface area contributed by atoms with Crippen molar-refractivity contribution in [2.45, 2.75) is 38.5 Å². The van der Waals surface area contributed by atoms with Gasteiger partial charge in [0.15, 0.2) is 0 Å². The third kappa shape index (κ3) is 5.51. The van der Waals surface area contributed by atoms with Crippen LogP contribution in [0.1, 0.15) is 38.5 Å². The molecular formula is C16H23Cl2NO. The summed E-state index contributed by atoms with van der Waals surface area (Å²) in [4.78, 5) is 2.57. The molecule has 1 aromatic carbocycles. The van der Waals surface area contributed by atoms with Crippen LogP contribution in [0.15, 0.2) is 18.2 Å². The van der Waals surface area contributed by atoms with E-state index in [2.05, 4.69) is 4.90 Å². The predicted octanol–water partition coefficient (Wildman–Crippen LogP) is 5.03. The van der Waals surface area contributed by atoms with Gasteiger partial charge in [-0.05, 0) is 63.5 Å². The average Bonchev–Trinajstić information content (AvgIpc) is 2.93. The van der Waals surface area contributed by atoms with Gasteiger partial charge >= 0.3 is 0 Å². The van der Waals surface area contributed by atoms with Crippen LogP contribution >= 0.6 is 23.2 Å². The molecule has 0 unspecified atom stereocenters. The number of likely N-dealkylation sites (tertiary alicyclic amines) is 1. The van der Waals surface area contributed by atoms with Crippen molar-refractivity contribution < 1.29 is 4.74 Å². The molecule has 1 aliphatic heterocycles. The fraction of sp³-hybridized carbons (Fsp3) is 0.625. The Morgan fingerprint density at radius 2 is 1.75 bits per heavy atom. The van der Waals surface area contributed by atoms with E-state index in [1.807, 2.05) is 6.07 Å². The Hall–Kier alpha value is -0.440. The molecule has 0 bridgehead atoms. The molecule has 1 fully saturated rings. The minimum Gasteiger partial charge on any atom is -0.492 e. The lowest BCUT2D eigenvalue weighted by molar-refractivity contribution is 0.297. The number of unbranched alkanes of at least 4 members (excludes halogenated alkanes) is 3. The van der Waals surface area contributed by atoms with Crippen LogP contribution in [0.3, 0.4) is 0 Å². The lowest BCUT2D eigenvalue weighted by Gasteiger charge is -2.13. The highest BCUT2D eigenvalue weighted by molar-refractivity contribution is 6.35. The van der Waals surface area contributed by atoms with Crippen molar-refractivity contribution >= 4 is 23.2 Å². The second kappa shape index (κ2) is 8.76. The maximum Gasteiger partial charge on any atom is 0.137 e. The molecule has 1 saturated heterocycles. The minimum atomic E-state index is 0.589. The first-order valence-electron chi connectivity index (χ1n) is 7.56. The molecular weight excluding hydrogens is 293 g/mol. The Bertz CT molecular complexity index is 405. The standard InChI is InChI=1S/C16H23Cl2NO/c17-14-7-8-16(15(18)13-14)20-12-6-2-1-3-9-19-10-4-5-11-19/h7-8,13H,1-6,9-12H2. The van der Waals surface area contributed by atoms with Gasteiger partial charge in [-0.15, -0.1) is 0 Å². The number of benzene rings is 1. The van der Waals surface area contributed by atoms with Crippen molar-refractivity contribution in [1.82, 2.24) is 4.90 Å². The van der Waals surface area contributed by atoms with Gasteiger partial charge in [-0.1, -0.05) is 36.0 Å². The summed E-state index contributed by atoms with van der Waals surface area (Å²) >= 11 is 11.9. The third-order valence-corrected chi connectivity index (χ3v) is 4.25. The first-order valence-corrected chi connectivity index (χ1v) is 8.31. The van der Waals surface area contributed by atoms with Crippen LogP contribution in [-0.4, -0.2) is 31.1 Å². The SMILES string of the molecule is Clc1ccc(OCCCCCCN2CCCC2)c(Cl)c1. The molecule has 0 aliphatic carbocycles. The number of halogens is 2. The Balaban J connectivity index is 1.50. The first kappa shape index (κ1) is 15.9. The van der Waals surface area contributed by atoms with Crippen LogP contribution in [0, 0.1) is 0 Å². The van der Waals surface area contributed by atoms with Gasteiger partial charge in [0.05, 0.1) is 11.6 Å². The Morgan fingerprint density at radius 1 is 1.00 bits per heavy atom. The highest BCUT2D eigenvalue weighted by atomic mass is 35.5. The summed E-state index contributed by atoms with van der Waals surface area (Å²) in [5, 5.41) is 1.23. The molecule has 0 atom stereocenters. The molecule has 0 radical (unpaired) electrons. The number of hydrogen-bond donors (Lipinski definition) is 0. The van der Waals surface area contributed by atoms with E-state index in [9.17, 15) is 0 Å². The summed E-state index contributed by atoms with van der Waals surface area (Å²) in [7, 11) is 0. The molecule has 0 N–H and O–H groups in total. The first-order chi connectivity index (χ1) is 9.75. The Labute approximate surface area is 132 Å². The van der Waals surface area contributed by atoms with Crippen molar-refractivity contribution in [2.24, 2.45) is 0 Å². The van der Waals surface area contributed by atoms with Gasteiger partial charge in [-0.3, -0.25) is 0 Å². The smallest absolute Gasteiger partial charge is 0.137 e. The fourth-order valence-corrected chi connectivity index (χ4v) is 3.03. The van der Waals surface area contributed by atoms with Crippen LogP contribution in [-0.2, 0) is 0 Å². The molecule has 2 rings (SSSR count). The normalized spacial score (nSPS) is 15.7. The molecule has 0 aromatic heterocycles. The minimum absolute atomic E-state index is 0.589. The molecule has 0 amide bonds. The zero-order valence-corrected chi connectivity index (χ0v) is 13.4. The van der Waals surface area contributed by atoms with Gasteiger partial charge in [-0.25, -0.2) is 0 Å². The van der Waals surface area contributed by atoms with Crippen LogP contribution < -0.4 is 4.74 Å². The van der Waals surface area contributed by atoms with Gasteiger partial charge in [0.25, 0.3) is 0 Å². The second-order valence-electron chi connectivity index (χ2n) is 5.39. The van der Waals surface area contributed by atoms with Gasteiger partial charge in [0, 0.05) is 5.02 Å². The maximum absolute atomic E-state index is 6.05. The summed E-state index contributed by atoms with van der Waals surface area (Å²) < 4.78 is 5.67. The van der Waals surface area contributed by atoms with E-state index in [4.69, 9.17) is 27.9 Å². The average molecular weight is 316 g/mol. The largest absolute Gasteiger partial charge is 0.492 e. The highest BCUT2D eigenvalue weighted by Gasteiger charge is 2.09. The fourth-order valence-electron chi connectivity index (χ4n) is 2.57. The topological polar surface area (TPSA) is 12.5 Å². The van der Waals surface area contributed by atoms with Crippen LogP contribution in [0.4, 0.5) is 0 Å². The zero-order valence-electron chi connectivity index (χ0n) is 11.9. The maximum atomic E-state index is 6.05. The number of rotatable bonds is 8. The van der Waals surface area contributed by atoms with Gasteiger partial charge in [-0.2, -0.15) is 0 Å². The predicted molar refractivity (Wildman–Crippen MR) is 86.1 cm³/mol. The van der Waals surface area contributed by atoms with Crippen LogP contribution in [0.5, 0.6) is 5.75 Å². The van der Waals surface area contributed by atoms with Crippen molar-refractivity contribution in [3.8, 4) is 5.75 Å². The van der Waals surface area contributed by atoms with Gasteiger partial charge < -0.3 is 9.64 Å². The summed E-state index contributed by atoms with van der Waals surface area (Å²) in [6.45, 7) is 4.60. The molecule has 1 aliphatic rings. The lowest BCUT2D eigenvalue weighted by Crippen LogP contribution is -2.20. The van der Waals surface area contributed by atoms with Gasteiger partial charge in [0.1, 0.15) is 5.75 Å². The van der Waals surface area contributed by atoms with E-state index in [0.717, 1.165) is 18.8 Å². The van der Waals surface area contributed by atoms with E-state index in [-0.39, 0.29) is 0 Å². The Kier molecular flexibility index (Phi) is 6.98. The summed E-state index contributed by atoms with van der Waals surface area (Å²) in [5.74, 6) is 0.730. The van der Waals surface area contributed by atoms with E-state index in [1.54, 1.807) is 12.1 Å². The van der Waals surface area contributed by atoms with Crippen molar-refractivity contribution in [3.05, 3.63) is 28.2 Å². The zero-order chi connectivity index (χ0) is 14.2. The number of nitrogens with zero attached hydrogens (tertiary/aromatic N) is 1. The monoisotopic (exact) mass is 315 g/mol. The van der Waals surface area contributed by atoms with E-state index >= 15 is 0 Å². The quantitative estimate of drug-likeness (QED) is 0.624. The second-order valence-corrected chi connectivity index (χ2v) is 6.23. The van der Waals surface area contributed by atoms with E-state index in [1.165, 1.54) is 51.7 Å².